The second-order valence-corrected chi connectivity index (χ2v) is 6.14. The number of aliphatic hydroxyl groups excluding tert-OH is 1. The Kier molecular flexibility index (Phi) is 5.14. The summed E-state index contributed by atoms with van der Waals surface area (Å²) in [5.74, 6) is 0.0594. The van der Waals surface area contributed by atoms with Gasteiger partial charge in [-0.3, -0.25) is 9.59 Å². The Labute approximate surface area is 145 Å². The third kappa shape index (κ3) is 3.71. The van der Waals surface area contributed by atoms with Crippen molar-refractivity contribution in [1.82, 2.24) is 9.55 Å². The van der Waals surface area contributed by atoms with Crippen LogP contribution >= 0.6 is 0 Å². The maximum atomic E-state index is 12.6. The van der Waals surface area contributed by atoms with Gasteiger partial charge in [-0.1, -0.05) is 18.2 Å². The molecule has 1 aliphatic heterocycles. The van der Waals surface area contributed by atoms with Crippen LogP contribution in [0.25, 0.3) is 0 Å². The molecular formula is C18H22N4O3. The lowest BCUT2D eigenvalue weighted by Gasteiger charge is -2.18. The maximum absolute atomic E-state index is 12.6. The molecule has 0 spiro atoms. The first-order chi connectivity index (χ1) is 12.1. The summed E-state index contributed by atoms with van der Waals surface area (Å²) in [4.78, 5) is 31.3. The number of rotatable bonds is 5. The van der Waals surface area contributed by atoms with E-state index in [1.165, 1.54) is 10.8 Å². The van der Waals surface area contributed by atoms with Gasteiger partial charge in [0.05, 0.1) is 0 Å². The van der Waals surface area contributed by atoms with Crippen molar-refractivity contribution in [3.8, 4) is 0 Å². The summed E-state index contributed by atoms with van der Waals surface area (Å²) < 4.78 is 1.49. The zero-order chi connectivity index (χ0) is 17.8. The Morgan fingerprint density at radius 2 is 2.12 bits per heavy atom. The Bertz CT molecular complexity index is 804. The van der Waals surface area contributed by atoms with Crippen molar-refractivity contribution in [2.75, 3.05) is 29.9 Å². The number of benzene rings is 1. The first kappa shape index (κ1) is 17.2. The molecule has 1 aliphatic rings. The van der Waals surface area contributed by atoms with Gasteiger partial charge in [-0.15, -0.1) is 0 Å². The fourth-order valence-electron chi connectivity index (χ4n) is 2.97. The van der Waals surface area contributed by atoms with E-state index in [9.17, 15) is 14.7 Å². The number of anilines is 2. The number of hydrogen-bond donors (Lipinski definition) is 2. The maximum Gasteiger partial charge on any atom is 0.293 e. The van der Waals surface area contributed by atoms with Crippen LogP contribution in [-0.2, 0) is 6.54 Å². The van der Waals surface area contributed by atoms with Crippen molar-refractivity contribution in [2.24, 2.45) is 5.92 Å². The van der Waals surface area contributed by atoms with Gasteiger partial charge in [0.15, 0.2) is 5.82 Å². The van der Waals surface area contributed by atoms with E-state index < -0.39 is 0 Å². The first-order valence-electron chi connectivity index (χ1n) is 8.46. The number of nitrogens with one attached hydrogen (secondary N) is 1. The molecule has 2 heterocycles. The average Bonchev–Trinajstić information content (AvgIpc) is 3.11. The minimum Gasteiger partial charge on any atom is -0.396 e. The van der Waals surface area contributed by atoms with E-state index in [0.29, 0.717) is 25.3 Å². The summed E-state index contributed by atoms with van der Waals surface area (Å²) in [7, 11) is 0. The Hall–Kier alpha value is -2.67. The number of nitrogens with zero attached hydrogens (tertiary/aromatic N) is 3. The topological polar surface area (TPSA) is 87.5 Å². The van der Waals surface area contributed by atoms with Gasteiger partial charge in [0.25, 0.3) is 11.5 Å². The third-order valence-electron chi connectivity index (χ3n) is 4.41. The monoisotopic (exact) mass is 342 g/mol. The van der Waals surface area contributed by atoms with Crippen molar-refractivity contribution in [2.45, 2.75) is 19.9 Å². The van der Waals surface area contributed by atoms with Gasteiger partial charge < -0.3 is 19.9 Å². The van der Waals surface area contributed by atoms with Gasteiger partial charge in [0, 0.05) is 44.0 Å². The molecule has 2 aromatic rings. The van der Waals surface area contributed by atoms with Gasteiger partial charge in [0.2, 0.25) is 0 Å². The number of carbonyl (C=O) groups excluding carboxylic acids is 1. The van der Waals surface area contributed by atoms with E-state index in [0.717, 1.165) is 6.42 Å². The highest BCUT2D eigenvalue weighted by atomic mass is 16.3. The van der Waals surface area contributed by atoms with Crippen molar-refractivity contribution in [1.29, 1.82) is 0 Å². The summed E-state index contributed by atoms with van der Waals surface area (Å²) in [5.41, 5.74) is 0.664. The van der Waals surface area contributed by atoms with Crippen molar-refractivity contribution < 1.29 is 9.90 Å². The molecule has 1 atom stereocenters. The largest absolute Gasteiger partial charge is 0.396 e. The highest BCUT2D eigenvalue weighted by molar-refractivity contribution is 6.02. The second kappa shape index (κ2) is 7.48. The highest BCUT2D eigenvalue weighted by Gasteiger charge is 2.26. The van der Waals surface area contributed by atoms with Crippen molar-refractivity contribution in [3.05, 3.63) is 52.6 Å². The van der Waals surface area contributed by atoms with Crippen LogP contribution in [0.15, 0.2) is 41.3 Å². The molecular weight excluding hydrogens is 320 g/mol. The molecule has 7 nitrogen and oxygen atoms in total. The van der Waals surface area contributed by atoms with Crippen LogP contribution in [0.2, 0.25) is 0 Å². The minimum absolute atomic E-state index is 0.0899. The molecule has 25 heavy (non-hydrogen) atoms. The average molecular weight is 342 g/mol. The predicted molar refractivity (Wildman–Crippen MR) is 96.0 cm³/mol. The standard InChI is InChI=1S/C18H22N4O3/c1-2-21-11-15(17(24)19-14-6-4-3-5-7-14)20-16(18(21)25)22-9-8-13(10-22)12-23/h3-7,11,13,23H,2,8-10,12H2,1H3,(H,19,24)/t13-/m1/s1. The van der Waals surface area contributed by atoms with E-state index in [1.807, 2.05) is 30.0 Å². The molecule has 2 N–H and O–H groups in total. The molecule has 1 saturated heterocycles. The SMILES string of the molecule is CCn1cc(C(=O)Nc2ccccc2)nc(N2CC[C@@H](CO)C2)c1=O. The zero-order valence-electron chi connectivity index (χ0n) is 14.2. The van der Waals surface area contributed by atoms with E-state index >= 15 is 0 Å². The second-order valence-electron chi connectivity index (χ2n) is 6.14. The summed E-state index contributed by atoms with van der Waals surface area (Å²) in [6, 6.07) is 9.12. The van der Waals surface area contributed by atoms with Crippen molar-refractivity contribution in [3.63, 3.8) is 0 Å². The molecule has 1 amide bonds. The molecule has 0 unspecified atom stereocenters. The lowest BCUT2D eigenvalue weighted by Crippen LogP contribution is -2.34. The normalized spacial score (nSPS) is 16.9. The van der Waals surface area contributed by atoms with Gasteiger partial charge in [-0.25, -0.2) is 4.98 Å². The lowest BCUT2D eigenvalue weighted by molar-refractivity contribution is 0.102. The zero-order valence-corrected chi connectivity index (χ0v) is 14.2. The lowest BCUT2D eigenvalue weighted by atomic mass is 10.1. The number of amides is 1. The third-order valence-corrected chi connectivity index (χ3v) is 4.41. The molecule has 0 bridgehead atoms. The summed E-state index contributed by atoms with van der Waals surface area (Å²) >= 11 is 0. The quantitative estimate of drug-likeness (QED) is 0.856. The van der Waals surface area contributed by atoms with Crippen LogP contribution < -0.4 is 15.8 Å². The van der Waals surface area contributed by atoms with E-state index in [-0.39, 0.29) is 35.5 Å². The number of aryl methyl sites for hydroxylation is 1. The molecule has 7 heteroatoms. The van der Waals surface area contributed by atoms with E-state index in [2.05, 4.69) is 10.3 Å². The highest BCUT2D eigenvalue weighted by Crippen LogP contribution is 2.20. The number of carbonyl (C=O) groups is 1. The van der Waals surface area contributed by atoms with Gasteiger partial charge in [-0.2, -0.15) is 0 Å². The Morgan fingerprint density at radius 3 is 2.76 bits per heavy atom. The molecule has 1 aromatic heterocycles. The van der Waals surface area contributed by atoms with Crippen LogP contribution in [0.5, 0.6) is 0 Å². The van der Waals surface area contributed by atoms with Crippen LogP contribution in [0, 0.1) is 5.92 Å². The van der Waals surface area contributed by atoms with E-state index in [4.69, 9.17) is 0 Å². The molecule has 0 radical (unpaired) electrons. The fraction of sp³-hybridized carbons (Fsp3) is 0.389. The number of aromatic nitrogens is 2. The summed E-state index contributed by atoms with van der Waals surface area (Å²) in [6.07, 6.45) is 2.30. The van der Waals surface area contributed by atoms with Crippen LogP contribution in [0.1, 0.15) is 23.8 Å². The molecule has 1 aromatic carbocycles. The fourth-order valence-corrected chi connectivity index (χ4v) is 2.97. The van der Waals surface area contributed by atoms with Gasteiger partial charge in [0.1, 0.15) is 5.69 Å². The van der Waals surface area contributed by atoms with Crippen LogP contribution in [0.4, 0.5) is 11.5 Å². The number of aliphatic hydroxyl groups is 1. The number of hydrogen-bond acceptors (Lipinski definition) is 5. The Balaban J connectivity index is 1.91. The van der Waals surface area contributed by atoms with Crippen molar-refractivity contribution >= 4 is 17.4 Å². The van der Waals surface area contributed by atoms with Gasteiger partial charge in [-0.05, 0) is 25.5 Å². The molecule has 1 fully saturated rings. The van der Waals surface area contributed by atoms with Crippen LogP contribution in [-0.4, -0.2) is 40.3 Å². The molecule has 3 rings (SSSR count). The first-order valence-corrected chi connectivity index (χ1v) is 8.46. The van der Waals surface area contributed by atoms with E-state index in [1.54, 1.807) is 12.1 Å². The molecule has 132 valence electrons. The predicted octanol–water partition coefficient (Wildman–Crippen LogP) is 1.33. The summed E-state index contributed by atoms with van der Waals surface area (Å²) in [6.45, 7) is 3.63. The summed E-state index contributed by atoms with van der Waals surface area (Å²) in [5, 5.41) is 12.1. The van der Waals surface area contributed by atoms with Crippen LogP contribution in [0.3, 0.4) is 0 Å². The molecule has 0 aliphatic carbocycles. The van der Waals surface area contributed by atoms with Gasteiger partial charge >= 0.3 is 0 Å². The Morgan fingerprint density at radius 1 is 1.36 bits per heavy atom. The molecule has 0 saturated carbocycles. The smallest absolute Gasteiger partial charge is 0.293 e. The number of para-hydroxylation sites is 1. The minimum atomic E-state index is -0.354.